The van der Waals surface area contributed by atoms with Crippen molar-refractivity contribution in [3.63, 3.8) is 0 Å². The Morgan fingerprint density at radius 2 is 1.53 bits per heavy atom. The Morgan fingerprint density at radius 1 is 0.909 bits per heavy atom. The minimum Gasteiger partial charge on any atom is -0.462 e. The highest BCUT2D eigenvalue weighted by atomic mass is 16.7. The number of carbonyl (C=O) groups excluding carboxylic acids is 1. The first kappa shape index (κ1) is 48.3. The molecule has 15 heteroatoms. The summed E-state index contributed by atoms with van der Waals surface area (Å²) in [5.41, 5.74) is -5.89. The Balaban J connectivity index is 2.12. The van der Waals surface area contributed by atoms with Gasteiger partial charge in [-0.3, -0.25) is 4.79 Å². The number of nitrogens with one attached hydrogen (secondary N) is 1. The minimum absolute atomic E-state index is 0.102. The van der Waals surface area contributed by atoms with Crippen LogP contribution in [0.2, 0.25) is 0 Å². The average molecular weight is 792 g/mol. The molecule has 3 saturated heterocycles. The highest BCUT2D eigenvalue weighted by Crippen LogP contribution is 2.43. The fourth-order valence-corrected chi connectivity index (χ4v) is 8.91. The van der Waals surface area contributed by atoms with Crippen molar-refractivity contribution in [2.24, 2.45) is 17.8 Å². The summed E-state index contributed by atoms with van der Waals surface area (Å²) in [5, 5.41) is 62.0. The second-order valence-electron chi connectivity index (χ2n) is 17.9. The normalized spacial score (nSPS) is 47.3. The maximum atomic E-state index is 14.0. The summed E-state index contributed by atoms with van der Waals surface area (Å²) in [6.45, 7) is 21.4. The van der Waals surface area contributed by atoms with Crippen LogP contribution in [0.4, 0.5) is 0 Å². The van der Waals surface area contributed by atoms with E-state index >= 15 is 0 Å². The molecule has 0 bridgehead atoms. The quantitative estimate of drug-likeness (QED) is 0.174. The molecule has 6 N–H and O–H groups in total. The van der Waals surface area contributed by atoms with E-state index in [2.05, 4.69) is 10.2 Å². The molecular weight excluding hydrogens is 714 g/mol. The summed E-state index contributed by atoms with van der Waals surface area (Å²) in [5.74, 6) is -2.93. The molecule has 0 aromatic carbocycles. The van der Waals surface area contributed by atoms with Crippen molar-refractivity contribution in [1.82, 2.24) is 15.1 Å². The van der Waals surface area contributed by atoms with Crippen LogP contribution in [0.3, 0.4) is 0 Å². The number of rotatable bonds is 10. The molecule has 3 heterocycles. The number of esters is 1. The topological polar surface area (TPSA) is 192 Å². The van der Waals surface area contributed by atoms with Gasteiger partial charge >= 0.3 is 5.97 Å². The van der Waals surface area contributed by atoms with Crippen LogP contribution < -0.4 is 5.32 Å². The molecule has 0 amide bonds. The van der Waals surface area contributed by atoms with Gasteiger partial charge in [0, 0.05) is 44.6 Å². The van der Waals surface area contributed by atoms with E-state index < -0.39 is 95.8 Å². The Labute approximate surface area is 330 Å². The van der Waals surface area contributed by atoms with Crippen LogP contribution in [-0.2, 0) is 33.2 Å². The van der Waals surface area contributed by atoms with Gasteiger partial charge < -0.3 is 69.1 Å². The van der Waals surface area contributed by atoms with E-state index in [1.54, 1.807) is 34.8 Å². The van der Waals surface area contributed by atoms with Gasteiger partial charge in [-0.2, -0.15) is 0 Å². The van der Waals surface area contributed by atoms with Gasteiger partial charge in [-0.25, -0.2) is 0 Å². The van der Waals surface area contributed by atoms with Crippen LogP contribution in [0.15, 0.2) is 0 Å². The van der Waals surface area contributed by atoms with Gasteiger partial charge in [0.05, 0.1) is 42.0 Å². The first-order chi connectivity index (χ1) is 25.4. The Morgan fingerprint density at radius 3 is 2.09 bits per heavy atom. The fraction of sp³-hybridized carbons (Fsp3) is 0.975. The SMILES string of the molecule is CCN(CC)C[C@]1(O)[C@H](C)O[C@@H](O[C@@H]2[C@@H](C)[C@@H](O[C@@H]3O[C@H](C)C[C@H](N(C)C)[C@H]3O)[C@](C)(O)C[C@@H](C)NC[C@@H](C)[C@H](O)[C@](C)(O)COC(=O)[C@@H]2C)C[C@@]1(C)OC. The van der Waals surface area contributed by atoms with Gasteiger partial charge in [0.25, 0.3) is 0 Å². The Kier molecular flexibility index (Phi) is 17.0. The van der Waals surface area contributed by atoms with Crippen LogP contribution in [-0.4, -0.2) is 179 Å². The minimum atomic E-state index is -1.76. The number of nitrogens with zero attached hydrogens (tertiary/aromatic N) is 2. The Bertz CT molecular complexity index is 1210. The number of carbonyl (C=O) groups is 1. The number of cyclic esters (lactones) is 1. The van der Waals surface area contributed by atoms with Gasteiger partial charge in [0.1, 0.15) is 29.5 Å². The second kappa shape index (κ2) is 19.3. The molecule has 55 heavy (non-hydrogen) atoms. The van der Waals surface area contributed by atoms with Crippen LogP contribution >= 0.6 is 0 Å². The van der Waals surface area contributed by atoms with Crippen LogP contribution in [0, 0.1) is 17.8 Å². The Hall–Kier alpha value is -1.05. The van der Waals surface area contributed by atoms with Gasteiger partial charge in [-0.1, -0.05) is 27.7 Å². The lowest BCUT2D eigenvalue weighted by Crippen LogP contribution is -2.70. The van der Waals surface area contributed by atoms with Crippen molar-refractivity contribution in [2.45, 2.75) is 179 Å². The van der Waals surface area contributed by atoms with E-state index in [-0.39, 0.29) is 31.0 Å². The standard InChI is InChI=1S/C40H77N3O12/c1-15-43(16-2)21-40(49)28(8)53-30(19-39(40,11)50-14)54-32-26(6)34(55-36-31(44)29(42(12)13)17-25(5)52-36)37(9,47)18-24(4)41-20-23(3)33(45)38(10,48)22-51-35(46)27(32)7/h23-34,36,41,44-45,47-49H,15-22H2,1-14H3/t23-,24-,25-,26-,27-,28+,29+,30+,31-,32-,33+,34-,36+,37-,38-,39-,40+/m1/s1. The molecule has 0 aliphatic carbocycles. The number of aliphatic hydroxyl groups excluding tert-OH is 2. The fourth-order valence-electron chi connectivity index (χ4n) is 8.91. The predicted molar refractivity (Wildman–Crippen MR) is 207 cm³/mol. The van der Waals surface area contributed by atoms with Crippen molar-refractivity contribution in [3.05, 3.63) is 0 Å². The molecule has 3 fully saturated rings. The van der Waals surface area contributed by atoms with E-state index in [4.69, 9.17) is 28.4 Å². The van der Waals surface area contributed by atoms with E-state index in [0.717, 1.165) is 13.1 Å². The molecule has 0 aromatic rings. The number of aliphatic hydroxyl groups is 5. The van der Waals surface area contributed by atoms with Crippen LogP contribution in [0.25, 0.3) is 0 Å². The maximum Gasteiger partial charge on any atom is 0.311 e. The lowest BCUT2D eigenvalue weighted by molar-refractivity contribution is -0.339. The van der Waals surface area contributed by atoms with Crippen molar-refractivity contribution in [3.8, 4) is 0 Å². The number of hydrogen-bond donors (Lipinski definition) is 6. The van der Waals surface area contributed by atoms with E-state index in [0.29, 0.717) is 19.5 Å². The highest BCUT2D eigenvalue weighted by molar-refractivity contribution is 5.72. The number of ether oxygens (including phenoxy) is 6. The molecule has 0 saturated carbocycles. The van der Waals surface area contributed by atoms with E-state index in [9.17, 15) is 30.3 Å². The van der Waals surface area contributed by atoms with Crippen molar-refractivity contribution < 1.29 is 58.7 Å². The molecule has 3 rings (SSSR count). The summed E-state index contributed by atoms with van der Waals surface area (Å²) >= 11 is 0. The molecule has 17 atom stereocenters. The van der Waals surface area contributed by atoms with Crippen LogP contribution in [0.1, 0.15) is 95.4 Å². The van der Waals surface area contributed by atoms with Crippen molar-refractivity contribution in [1.29, 1.82) is 0 Å². The smallest absolute Gasteiger partial charge is 0.311 e. The lowest BCUT2D eigenvalue weighted by atomic mass is 9.75. The zero-order valence-corrected chi connectivity index (χ0v) is 36.2. The molecular formula is C40H77N3O12. The van der Waals surface area contributed by atoms with Gasteiger partial charge in [-0.05, 0) is 94.4 Å². The summed E-state index contributed by atoms with van der Waals surface area (Å²) in [4.78, 5) is 18.0. The summed E-state index contributed by atoms with van der Waals surface area (Å²) in [6.07, 6.45) is -6.68. The lowest BCUT2D eigenvalue weighted by Gasteiger charge is -2.54. The molecule has 324 valence electrons. The molecule has 3 aliphatic heterocycles. The zero-order valence-electron chi connectivity index (χ0n) is 36.2. The van der Waals surface area contributed by atoms with Gasteiger partial charge in [0.15, 0.2) is 12.6 Å². The third kappa shape index (κ3) is 11.2. The molecule has 0 unspecified atom stereocenters. The second-order valence-corrected chi connectivity index (χ2v) is 17.9. The maximum absolute atomic E-state index is 14.0. The molecule has 15 nitrogen and oxygen atoms in total. The molecule has 0 aromatic heterocycles. The number of likely N-dealkylation sites (N-methyl/N-ethyl adjacent to an activating group) is 2. The van der Waals surface area contributed by atoms with Crippen molar-refractivity contribution in [2.75, 3.05) is 54.0 Å². The average Bonchev–Trinajstić information content (AvgIpc) is 3.11. The van der Waals surface area contributed by atoms with E-state index in [1.165, 1.54) is 6.92 Å². The third-order valence-electron chi connectivity index (χ3n) is 12.8. The molecule has 0 radical (unpaired) electrons. The first-order valence-corrected chi connectivity index (χ1v) is 20.4. The van der Waals surface area contributed by atoms with Gasteiger partial charge in [-0.15, -0.1) is 0 Å². The van der Waals surface area contributed by atoms with Crippen LogP contribution in [0.5, 0.6) is 0 Å². The third-order valence-corrected chi connectivity index (χ3v) is 12.8. The highest BCUT2D eigenvalue weighted by Gasteiger charge is 2.59. The monoisotopic (exact) mass is 792 g/mol. The van der Waals surface area contributed by atoms with Crippen molar-refractivity contribution >= 4 is 5.97 Å². The summed E-state index contributed by atoms with van der Waals surface area (Å²) in [6, 6.07) is -0.579. The predicted octanol–water partition coefficient (Wildman–Crippen LogP) is 1.49. The summed E-state index contributed by atoms with van der Waals surface area (Å²) < 4.78 is 37.9. The molecule has 3 aliphatic rings. The summed E-state index contributed by atoms with van der Waals surface area (Å²) in [7, 11) is 5.31. The first-order valence-electron chi connectivity index (χ1n) is 20.4. The zero-order chi connectivity index (χ0) is 41.8. The largest absolute Gasteiger partial charge is 0.462 e. The molecule has 0 spiro atoms. The number of methoxy groups -OCH3 is 1. The van der Waals surface area contributed by atoms with E-state index in [1.807, 2.05) is 60.5 Å². The van der Waals surface area contributed by atoms with Gasteiger partial charge in [0.2, 0.25) is 0 Å². The number of hydrogen-bond acceptors (Lipinski definition) is 15.